The van der Waals surface area contributed by atoms with E-state index in [-0.39, 0.29) is 29.1 Å². The minimum absolute atomic E-state index is 0.0130. The molecule has 0 fully saturated rings. The summed E-state index contributed by atoms with van der Waals surface area (Å²) in [5.74, 6) is -2.85. The van der Waals surface area contributed by atoms with Gasteiger partial charge in [-0.25, -0.2) is 9.59 Å². The lowest BCUT2D eigenvalue weighted by molar-refractivity contribution is -0.116. The number of amides is 1. The highest BCUT2D eigenvalue weighted by molar-refractivity contribution is 6.04. The molecule has 28 heavy (non-hydrogen) atoms. The Morgan fingerprint density at radius 2 is 1.64 bits per heavy atom. The molecular formula is C21H16N2O5. The van der Waals surface area contributed by atoms with Gasteiger partial charge in [0.1, 0.15) is 5.56 Å². The van der Waals surface area contributed by atoms with Gasteiger partial charge in [0.25, 0.3) is 0 Å². The number of hydrogen-bond donors (Lipinski definition) is 3. The zero-order valence-corrected chi connectivity index (χ0v) is 14.6. The van der Waals surface area contributed by atoms with E-state index in [1.807, 2.05) is 30.3 Å². The Morgan fingerprint density at radius 3 is 2.25 bits per heavy atom. The summed E-state index contributed by atoms with van der Waals surface area (Å²) >= 11 is 0. The number of aromatic nitrogens is 1. The quantitative estimate of drug-likeness (QED) is 0.647. The summed E-state index contributed by atoms with van der Waals surface area (Å²) in [6, 6.07) is 15.6. The van der Waals surface area contributed by atoms with E-state index in [0.29, 0.717) is 5.69 Å². The Morgan fingerprint density at radius 1 is 0.964 bits per heavy atom. The van der Waals surface area contributed by atoms with Gasteiger partial charge < -0.3 is 20.1 Å². The van der Waals surface area contributed by atoms with Crippen LogP contribution in [0.5, 0.6) is 0 Å². The molecule has 1 aromatic heterocycles. The fourth-order valence-electron chi connectivity index (χ4n) is 3.57. The predicted molar refractivity (Wildman–Crippen MR) is 101 cm³/mol. The number of nitrogens with one attached hydrogen (secondary N) is 1. The van der Waals surface area contributed by atoms with Gasteiger partial charge in [-0.3, -0.25) is 4.79 Å². The van der Waals surface area contributed by atoms with E-state index in [1.165, 1.54) is 18.3 Å². The van der Waals surface area contributed by atoms with Crippen molar-refractivity contribution in [3.05, 3.63) is 83.2 Å². The number of para-hydroxylation sites is 1. The van der Waals surface area contributed by atoms with Gasteiger partial charge in [0, 0.05) is 24.2 Å². The molecule has 7 nitrogen and oxygen atoms in total. The highest BCUT2D eigenvalue weighted by atomic mass is 16.4. The maximum atomic E-state index is 12.3. The van der Waals surface area contributed by atoms with Gasteiger partial charge in [-0.1, -0.05) is 30.3 Å². The molecule has 2 heterocycles. The standard InChI is InChI=1S/C21H16N2O5/c24-17-10-15(12-6-8-13(9-7-12)20(25)26)19-18(22-17)16(21(27)28)11-23(19)14-4-2-1-3-5-14/h1-9,11,15H,10H2,(H,22,24)(H,25,26)(H,27,28)/t15-/m1/s1. The second-order valence-corrected chi connectivity index (χ2v) is 6.55. The molecule has 7 heteroatoms. The number of carbonyl (C=O) groups excluding carboxylic acids is 1. The fourth-order valence-corrected chi connectivity index (χ4v) is 3.57. The van der Waals surface area contributed by atoms with Gasteiger partial charge in [-0.05, 0) is 29.8 Å². The van der Waals surface area contributed by atoms with Crippen LogP contribution in [0.3, 0.4) is 0 Å². The molecule has 0 saturated heterocycles. The third-order valence-electron chi connectivity index (χ3n) is 4.85. The first kappa shape index (κ1) is 17.5. The van der Waals surface area contributed by atoms with Gasteiger partial charge in [0.05, 0.1) is 16.9 Å². The summed E-state index contributed by atoms with van der Waals surface area (Å²) in [6.45, 7) is 0. The van der Waals surface area contributed by atoms with Crippen LogP contribution in [-0.4, -0.2) is 32.6 Å². The van der Waals surface area contributed by atoms with E-state index in [0.717, 1.165) is 11.3 Å². The zero-order chi connectivity index (χ0) is 19.8. The maximum absolute atomic E-state index is 12.3. The largest absolute Gasteiger partial charge is 0.478 e. The first-order valence-electron chi connectivity index (χ1n) is 8.62. The highest BCUT2D eigenvalue weighted by Crippen LogP contribution is 2.41. The number of aromatic carboxylic acids is 2. The van der Waals surface area contributed by atoms with Gasteiger partial charge in [-0.2, -0.15) is 0 Å². The molecule has 3 N–H and O–H groups in total. The number of nitrogens with zero attached hydrogens (tertiary/aromatic N) is 1. The van der Waals surface area contributed by atoms with Crippen LogP contribution >= 0.6 is 0 Å². The molecule has 3 aromatic rings. The van der Waals surface area contributed by atoms with Crippen molar-refractivity contribution < 1.29 is 24.6 Å². The third-order valence-corrected chi connectivity index (χ3v) is 4.85. The molecule has 1 amide bonds. The lowest BCUT2D eigenvalue weighted by Crippen LogP contribution is -2.25. The first-order valence-corrected chi connectivity index (χ1v) is 8.62. The summed E-state index contributed by atoms with van der Waals surface area (Å²) in [5, 5.41) is 21.4. The van der Waals surface area contributed by atoms with Crippen molar-refractivity contribution in [3.8, 4) is 5.69 Å². The van der Waals surface area contributed by atoms with Gasteiger partial charge in [-0.15, -0.1) is 0 Å². The summed E-state index contributed by atoms with van der Waals surface area (Å²) in [4.78, 5) is 35.2. The zero-order valence-electron chi connectivity index (χ0n) is 14.6. The Balaban J connectivity index is 1.92. The van der Waals surface area contributed by atoms with Crippen molar-refractivity contribution >= 4 is 23.5 Å². The van der Waals surface area contributed by atoms with Crippen LogP contribution in [0, 0.1) is 0 Å². The van der Waals surface area contributed by atoms with E-state index in [9.17, 15) is 19.5 Å². The summed E-state index contributed by atoms with van der Waals surface area (Å²) in [5.41, 5.74) is 2.61. The Bertz CT molecular complexity index is 1080. The average Bonchev–Trinajstić information content (AvgIpc) is 3.07. The van der Waals surface area contributed by atoms with Crippen LogP contribution in [0.25, 0.3) is 5.69 Å². The Hall–Kier alpha value is -3.87. The van der Waals surface area contributed by atoms with Crippen LogP contribution in [0.2, 0.25) is 0 Å². The molecule has 1 atom stereocenters. The van der Waals surface area contributed by atoms with Crippen LogP contribution in [0.4, 0.5) is 5.69 Å². The molecule has 2 aromatic carbocycles. The summed E-state index contributed by atoms with van der Waals surface area (Å²) in [6.07, 6.45) is 1.64. The van der Waals surface area contributed by atoms with Gasteiger partial charge in [0.2, 0.25) is 5.91 Å². The number of carboxylic acids is 2. The minimum Gasteiger partial charge on any atom is -0.478 e. The van der Waals surface area contributed by atoms with Crippen LogP contribution in [0.15, 0.2) is 60.8 Å². The van der Waals surface area contributed by atoms with Crippen LogP contribution in [0.1, 0.15) is 44.3 Å². The van der Waals surface area contributed by atoms with E-state index < -0.39 is 17.9 Å². The Kier molecular flexibility index (Phi) is 4.19. The first-order chi connectivity index (χ1) is 13.5. The van der Waals surface area contributed by atoms with Gasteiger partial charge >= 0.3 is 11.9 Å². The van der Waals surface area contributed by atoms with Crippen LogP contribution < -0.4 is 5.32 Å². The van der Waals surface area contributed by atoms with Gasteiger partial charge in [0.15, 0.2) is 0 Å². The summed E-state index contributed by atoms with van der Waals surface area (Å²) < 4.78 is 1.77. The average molecular weight is 376 g/mol. The number of benzene rings is 2. The Labute approximate surface area is 159 Å². The fraction of sp³-hybridized carbons (Fsp3) is 0.0952. The topological polar surface area (TPSA) is 109 Å². The van der Waals surface area contributed by atoms with Crippen molar-refractivity contribution in [1.82, 2.24) is 4.57 Å². The SMILES string of the molecule is O=C1C[C@H](c2ccc(C(=O)O)cc2)c2c(c(C(=O)O)cn2-c2ccccc2)N1. The van der Waals surface area contributed by atoms with E-state index in [2.05, 4.69) is 5.32 Å². The number of rotatable bonds is 4. The van der Waals surface area contributed by atoms with Crippen LogP contribution in [-0.2, 0) is 4.79 Å². The minimum atomic E-state index is -1.13. The van der Waals surface area contributed by atoms with E-state index in [4.69, 9.17) is 5.11 Å². The highest BCUT2D eigenvalue weighted by Gasteiger charge is 2.34. The van der Waals surface area contributed by atoms with Crippen molar-refractivity contribution in [3.63, 3.8) is 0 Å². The molecule has 0 saturated carbocycles. The van der Waals surface area contributed by atoms with Crippen molar-refractivity contribution in [1.29, 1.82) is 0 Å². The second-order valence-electron chi connectivity index (χ2n) is 6.55. The predicted octanol–water partition coefficient (Wildman–Crippen LogP) is 3.35. The molecule has 140 valence electrons. The smallest absolute Gasteiger partial charge is 0.339 e. The maximum Gasteiger partial charge on any atom is 0.339 e. The monoisotopic (exact) mass is 376 g/mol. The lowest BCUT2D eigenvalue weighted by atomic mass is 9.87. The molecule has 1 aliphatic rings. The molecule has 0 aliphatic carbocycles. The van der Waals surface area contributed by atoms with Crippen molar-refractivity contribution in [2.75, 3.05) is 5.32 Å². The van der Waals surface area contributed by atoms with Crippen molar-refractivity contribution in [2.24, 2.45) is 0 Å². The second kappa shape index (κ2) is 6.70. The molecule has 0 bridgehead atoms. The lowest BCUT2D eigenvalue weighted by Gasteiger charge is -2.26. The molecule has 0 spiro atoms. The third kappa shape index (κ3) is 2.92. The number of carboxylic acid groups (broad SMARTS) is 2. The number of carbonyl (C=O) groups is 3. The number of fused-ring (bicyclic) bond motifs is 1. The molecule has 1 aliphatic heterocycles. The van der Waals surface area contributed by atoms with E-state index >= 15 is 0 Å². The van der Waals surface area contributed by atoms with E-state index in [1.54, 1.807) is 16.7 Å². The molecule has 0 unspecified atom stereocenters. The molecule has 4 rings (SSSR count). The number of anilines is 1. The molecular weight excluding hydrogens is 360 g/mol. The number of hydrogen-bond acceptors (Lipinski definition) is 3. The summed E-state index contributed by atoms with van der Waals surface area (Å²) in [7, 11) is 0. The molecule has 0 radical (unpaired) electrons. The van der Waals surface area contributed by atoms with Crippen molar-refractivity contribution in [2.45, 2.75) is 12.3 Å². The normalized spacial score (nSPS) is 15.6.